The summed E-state index contributed by atoms with van der Waals surface area (Å²) in [7, 11) is 1.97. The standard InChI is InChI=1S/C20H25N3O2S/c1-16-6-3-4-7-17(16)14-21(2)15-19(24)22-9-11-23(12-10-22)20(25)18-8-5-13-26-18/h3-8,13H,9-12,14-15H2,1-2H3. The number of amides is 2. The molecule has 1 saturated heterocycles. The molecule has 0 unspecified atom stereocenters. The number of piperazine rings is 1. The average molecular weight is 372 g/mol. The fourth-order valence-corrected chi connectivity index (χ4v) is 3.87. The molecule has 0 bridgehead atoms. The number of rotatable bonds is 5. The molecule has 26 heavy (non-hydrogen) atoms. The predicted octanol–water partition coefficient (Wildman–Crippen LogP) is 2.47. The monoisotopic (exact) mass is 371 g/mol. The molecular weight excluding hydrogens is 346 g/mol. The Labute approximate surface area is 158 Å². The van der Waals surface area contributed by atoms with Gasteiger partial charge in [0.1, 0.15) is 0 Å². The van der Waals surface area contributed by atoms with E-state index < -0.39 is 0 Å². The zero-order chi connectivity index (χ0) is 18.5. The quantitative estimate of drug-likeness (QED) is 0.811. The molecule has 0 atom stereocenters. The van der Waals surface area contributed by atoms with Crippen molar-refractivity contribution in [1.29, 1.82) is 0 Å². The molecule has 2 amide bonds. The molecule has 0 spiro atoms. The Hall–Kier alpha value is -2.18. The molecule has 0 radical (unpaired) electrons. The fourth-order valence-electron chi connectivity index (χ4n) is 3.18. The highest BCUT2D eigenvalue weighted by molar-refractivity contribution is 7.12. The number of nitrogens with zero attached hydrogens (tertiary/aromatic N) is 3. The number of aryl methyl sites for hydroxylation is 1. The Morgan fingerprint density at radius 3 is 2.38 bits per heavy atom. The average Bonchev–Trinajstić information content (AvgIpc) is 3.18. The van der Waals surface area contributed by atoms with Gasteiger partial charge in [-0.3, -0.25) is 14.5 Å². The summed E-state index contributed by atoms with van der Waals surface area (Å²) >= 11 is 1.46. The van der Waals surface area contributed by atoms with Crippen LogP contribution in [-0.2, 0) is 11.3 Å². The molecule has 2 aromatic rings. The van der Waals surface area contributed by atoms with E-state index in [9.17, 15) is 9.59 Å². The van der Waals surface area contributed by atoms with Gasteiger partial charge < -0.3 is 9.80 Å². The van der Waals surface area contributed by atoms with Crippen LogP contribution in [0.25, 0.3) is 0 Å². The molecule has 0 aliphatic carbocycles. The lowest BCUT2D eigenvalue weighted by Gasteiger charge is -2.35. The molecule has 0 N–H and O–H groups in total. The second-order valence-electron chi connectivity index (χ2n) is 6.75. The topological polar surface area (TPSA) is 43.9 Å². The van der Waals surface area contributed by atoms with E-state index in [1.807, 2.05) is 51.4 Å². The first kappa shape index (κ1) is 18.6. The van der Waals surface area contributed by atoms with Crippen LogP contribution in [0.2, 0.25) is 0 Å². The molecule has 1 fully saturated rings. The largest absolute Gasteiger partial charge is 0.338 e. The Balaban J connectivity index is 1.47. The highest BCUT2D eigenvalue weighted by Gasteiger charge is 2.25. The minimum Gasteiger partial charge on any atom is -0.338 e. The van der Waals surface area contributed by atoms with Crippen molar-refractivity contribution < 1.29 is 9.59 Å². The normalized spacial score (nSPS) is 14.7. The summed E-state index contributed by atoms with van der Waals surface area (Å²) in [6.45, 7) is 5.66. The van der Waals surface area contributed by atoms with Crippen molar-refractivity contribution in [2.45, 2.75) is 13.5 Å². The molecule has 3 rings (SSSR count). The smallest absolute Gasteiger partial charge is 0.264 e. The van der Waals surface area contributed by atoms with E-state index in [1.54, 1.807) is 0 Å². The maximum Gasteiger partial charge on any atom is 0.264 e. The number of hydrogen-bond acceptors (Lipinski definition) is 4. The first-order valence-corrected chi connectivity index (χ1v) is 9.76. The minimum atomic E-state index is 0.0729. The second kappa shape index (κ2) is 8.47. The van der Waals surface area contributed by atoms with Crippen LogP contribution in [0.5, 0.6) is 0 Å². The molecule has 1 aromatic heterocycles. The minimum absolute atomic E-state index is 0.0729. The van der Waals surface area contributed by atoms with E-state index >= 15 is 0 Å². The van der Waals surface area contributed by atoms with E-state index in [2.05, 4.69) is 19.1 Å². The van der Waals surface area contributed by atoms with Crippen molar-refractivity contribution >= 4 is 23.2 Å². The van der Waals surface area contributed by atoms with Gasteiger partial charge >= 0.3 is 0 Å². The summed E-state index contributed by atoms with van der Waals surface area (Å²) in [6, 6.07) is 12.0. The van der Waals surface area contributed by atoms with Gasteiger partial charge in [0.25, 0.3) is 5.91 Å². The highest BCUT2D eigenvalue weighted by atomic mass is 32.1. The van der Waals surface area contributed by atoms with E-state index in [0.29, 0.717) is 32.7 Å². The third-order valence-corrected chi connectivity index (χ3v) is 5.62. The molecule has 5 nitrogen and oxygen atoms in total. The number of thiophene rings is 1. The summed E-state index contributed by atoms with van der Waals surface area (Å²) in [5.41, 5.74) is 2.49. The van der Waals surface area contributed by atoms with Gasteiger partial charge in [0.05, 0.1) is 11.4 Å². The van der Waals surface area contributed by atoms with Crippen LogP contribution < -0.4 is 0 Å². The third kappa shape index (κ3) is 4.51. The maximum absolute atomic E-state index is 12.6. The van der Waals surface area contributed by atoms with Crippen molar-refractivity contribution in [2.24, 2.45) is 0 Å². The number of carbonyl (C=O) groups excluding carboxylic acids is 2. The lowest BCUT2D eigenvalue weighted by molar-refractivity contribution is -0.133. The van der Waals surface area contributed by atoms with Gasteiger partial charge in [-0.25, -0.2) is 0 Å². The Morgan fingerprint density at radius 1 is 1.04 bits per heavy atom. The zero-order valence-electron chi connectivity index (χ0n) is 15.4. The van der Waals surface area contributed by atoms with Crippen LogP contribution >= 0.6 is 11.3 Å². The second-order valence-corrected chi connectivity index (χ2v) is 7.70. The van der Waals surface area contributed by atoms with Crippen molar-refractivity contribution in [3.63, 3.8) is 0 Å². The van der Waals surface area contributed by atoms with Crippen molar-refractivity contribution in [3.05, 3.63) is 57.8 Å². The molecule has 2 heterocycles. The van der Waals surface area contributed by atoms with Crippen LogP contribution in [0.3, 0.4) is 0 Å². The fraction of sp³-hybridized carbons (Fsp3) is 0.400. The first-order valence-electron chi connectivity index (χ1n) is 8.88. The van der Waals surface area contributed by atoms with Crippen LogP contribution in [-0.4, -0.2) is 66.3 Å². The zero-order valence-corrected chi connectivity index (χ0v) is 16.2. The molecule has 6 heteroatoms. The van der Waals surface area contributed by atoms with Crippen molar-refractivity contribution in [2.75, 3.05) is 39.8 Å². The van der Waals surface area contributed by atoms with Crippen molar-refractivity contribution in [1.82, 2.24) is 14.7 Å². The lowest BCUT2D eigenvalue weighted by Crippen LogP contribution is -2.52. The summed E-state index contributed by atoms with van der Waals surface area (Å²) in [4.78, 5) is 31.5. The number of benzene rings is 1. The highest BCUT2D eigenvalue weighted by Crippen LogP contribution is 2.14. The number of carbonyl (C=O) groups is 2. The van der Waals surface area contributed by atoms with E-state index in [4.69, 9.17) is 0 Å². The predicted molar refractivity (Wildman–Crippen MR) is 104 cm³/mol. The first-order chi connectivity index (χ1) is 12.5. The SMILES string of the molecule is Cc1ccccc1CN(C)CC(=O)N1CCN(C(=O)c2cccs2)CC1. The molecule has 138 valence electrons. The van der Waals surface area contributed by atoms with Gasteiger partial charge in [-0.2, -0.15) is 0 Å². The van der Waals surface area contributed by atoms with Crippen LogP contribution in [0.1, 0.15) is 20.8 Å². The molecule has 1 aliphatic heterocycles. The van der Waals surface area contributed by atoms with Gasteiger partial charge in [0.15, 0.2) is 0 Å². The van der Waals surface area contributed by atoms with Crippen LogP contribution in [0.4, 0.5) is 0 Å². The third-order valence-electron chi connectivity index (χ3n) is 4.76. The maximum atomic E-state index is 12.6. The Bertz CT molecular complexity index is 752. The summed E-state index contributed by atoms with van der Waals surface area (Å²) in [5, 5.41) is 1.91. The van der Waals surface area contributed by atoms with Gasteiger partial charge in [0, 0.05) is 32.7 Å². The molecule has 1 aliphatic rings. The van der Waals surface area contributed by atoms with Gasteiger partial charge in [0.2, 0.25) is 5.91 Å². The number of likely N-dealkylation sites (N-methyl/N-ethyl adjacent to an activating group) is 1. The van der Waals surface area contributed by atoms with Crippen LogP contribution in [0, 0.1) is 6.92 Å². The van der Waals surface area contributed by atoms with E-state index in [1.165, 1.54) is 22.5 Å². The summed E-state index contributed by atoms with van der Waals surface area (Å²) in [5.74, 6) is 0.202. The molecule has 1 aromatic carbocycles. The van der Waals surface area contributed by atoms with E-state index in [0.717, 1.165) is 11.4 Å². The van der Waals surface area contributed by atoms with Gasteiger partial charge in [-0.15, -0.1) is 11.3 Å². The molecular formula is C20H25N3O2S. The molecule has 0 saturated carbocycles. The Morgan fingerprint density at radius 2 is 1.73 bits per heavy atom. The lowest BCUT2D eigenvalue weighted by atomic mass is 10.1. The van der Waals surface area contributed by atoms with E-state index in [-0.39, 0.29) is 11.8 Å². The summed E-state index contributed by atoms with van der Waals surface area (Å²) in [6.07, 6.45) is 0. The summed E-state index contributed by atoms with van der Waals surface area (Å²) < 4.78 is 0. The van der Waals surface area contributed by atoms with Crippen LogP contribution in [0.15, 0.2) is 41.8 Å². The van der Waals surface area contributed by atoms with Gasteiger partial charge in [-0.1, -0.05) is 30.3 Å². The Kier molecular flexibility index (Phi) is 6.06. The van der Waals surface area contributed by atoms with Crippen molar-refractivity contribution in [3.8, 4) is 0 Å². The van der Waals surface area contributed by atoms with Gasteiger partial charge in [-0.05, 0) is 36.5 Å². The number of hydrogen-bond donors (Lipinski definition) is 0.